The molecule has 0 unspecified atom stereocenters. The predicted octanol–water partition coefficient (Wildman–Crippen LogP) is 4.02. The van der Waals surface area contributed by atoms with Crippen LogP contribution in [0.3, 0.4) is 0 Å². The fourth-order valence-electron chi connectivity index (χ4n) is 2.04. The Bertz CT molecular complexity index is 845. The third-order valence-corrected chi connectivity index (χ3v) is 5.69. The molecule has 0 amide bonds. The van der Waals surface area contributed by atoms with E-state index in [0.717, 1.165) is 0 Å². The SMILES string of the molecule is CCS(=O)(=O)c1ccccc1C(=O)OCCOc1c(Cl)cccc1Cl. The molecule has 0 fully saturated rings. The van der Waals surface area contributed by atoms with Gasteiger partial charge in [-0.1, -0.05) is 48.3 Å². The van der Waals surface area contributed by atoms with Crippen LogP contribution in [0.1, 0.15) is 17.3 Å². The van der Waals surface area contributed by atoms with Crippen LogP contribution in [0.15, 0.2) is 47.4 Å². The summed E-state index contributed by atoms with van der Waals surface area (Å²) in [6, 6.07) is 10.9. The van der Waals surface area contributed by atoms with Crippen molar-refractivity contribution in [1.29, 1.82) is 0 Å². The first-order chi connectivity index (χ1) is 11.9. The van der Waals surface area contributed by atoms with Gasteiger partial charge in [0.05, 0.1) is 26.3 Å². The third kappa shape index (κ3) is 4.87. The number of rotatable bonds is 7. The van der Waals surface area contributed by atoms with Gasteiger partial charge < -0.3 is 9.47 Å². The lowest BCUT2D eigenvalue weighted by Gasteiger charge is -2.11. The molecule has 0 spiro atoms. The van der Waals surface area contributed by atoms with E-state index in [4.69, 9.17) is 32.7 Å². The van der Waals surface area contributed by atoms with Crippen molar-refractivity contribution < 1.29 is 22.7 Å². The van der Waals surface area contributed by atoms with Crippen LogP contribution >= 0.6 is 23.2 Å². The summed E-state index contributed by atoms with van der Waals surface area (Å²) in [5.74, 6) is -0.539. The normalized spacial score (nSPS) is 11.2. The average Bonchev–Trinajstić information content (AvgIpc) is 2.60. The molecule has 5 nitrogen and oxygen atoms in total. The molecule has 0 aliphatic heterocycles. The lowest BCUT2D eigenvalue weighted by Crippen LogP contribution is -2.16. The lowest BCUT2D eigenvalue weighted by molar-refractivity contribution is 0.0446. The van der Waals surface area contributed by atoms with Crippen molar-refractivity contribution in [1.82, 2.24) is 0 Å². The topological polar surface area (TPSA) is 69.7 Å². The minimum absolute atomic E-state index is 0.000117. The number of hydrogen-bond donors (Lipinski definition) is 0. The molecular formula is C17H16Cl2O5S. The smallest absolute Gasteiger partial charge is 0.339 e. The summed E-state index contributed by atoms with van der Waals surface area (Å²) >= 11 is 11.9. The summed E-state index contributed by atoms with van der Waals surface area (Å²) in [5.41, 5.74) is 0.000117. The Morgan fingerprint density at radius 1 is 1.00 bits per heavy atom. The molecule has 0 saturated heterocycles. The number of para-hydroxylation sites is 1. The minimum atomic E-state index is -3.53. The van der Waals surface area contributed by atoms with Crippen molar-refractivity contribution in [3.63, 3.8) is 0 Å². The van der Waals surface area contributed by atoms with Gasteiger partial charge in [0.2, 0.25) is 0 Å². The number of carbonyl (C=O) groups is 1. The van der Waals surface area contributed by atoms with Gasteiger partial charge in [0.15, 0.2) is 15.6 Å². The first kappa shape index (κ1) is 19.6. The van der Waals surface area contributed by atoms with Crippen LogP contribution in [0.4, 0.5) is 0 Å². The van der Waals surface area contributed by atoms with Gasteiger partial charge in [0.25, 0.3) is 0 Å². The zero-order valence-electron chi connectivity index (χ0n) is 13.4. The summed E-state index contributed by atoms with van der Waals surface area (Å²) in [4.78, 5) is 12.1. The van der Waals surface area contributed by atoms with Crippen molar-refractivity contribution in [2.24, 2.45) is 0 Å². The molecular weight excluding hydrogens is 387 g/mol. The summed E-state index contributed by atoms with van der Waals surface area (Å²) in [6.07, 6.45) is 0. The van der Waals surface area contributed by atoms with E-state index < -0.39 is 15.8 Å². The molecule has 0 radical (unpaired) electrons. The Labute approximate surface area is 156 Å². The molecule has 0 aliphatic rings. The van der Waals surface area contributed by atoms with E-state index in [1.807, 2.05) is 0 Å². The zero-order valence-corrected chi connectivity index (χ0v) is 15.7. The second kappa shape index (κ2) is 8.56. The van der Waals surface area contributed by atoms with Gasteiger partial charge in [0.1, 0.15) is 13.2 Å². The first-order valence-electron chi connectivity index (χ1n) is 7.42. The predicted molar refractivity (Wildman–Crippen MR) is 96.4 cm³/mol. The molecule has 25 heavy (non-hydrogen) atoms. The number of esters is 1. The number of benzene rings is 2. The molecule has 0 saturated carbocycles. The zero-order chi connectivity index (χ0) is 18.4. The van der Waals surface area contributed by atoms with Gasteiger partial charge in [-0.25, -0.2) is 13.2 Å². The second-order valence-corrected chi connectivity index (χ2v) is 8.00. The quantitative estimate of drug-likeness (QED) is 0.516. The molecule has 8 heteroatoms. The van der Waals surface area contributed by atoms with E-state index >= 15 is 0 Å². The first-order valence-corrected chi connectivity index (χ1v) is 9.83. The van der Waals surface area contributed by atoms with Gasteiger partial charge in [-0.2, -0.15) is 0 Å². The van der Waals surface area contributed by atoms with Crippen molar-refractivity contribution in [2.75, 3.05) is 19.0 Å². The third-order valence-electron chi connectivity index (χ3n) is 3.30. The van der Waals surface area contributed by atoms with Gasteiger partial charge in [0, 0.05) is 0 Å². The van der Waals surface area contributed by atoms with Crippen molar-refractivity contribution in [3.05, 3.63) is 58.1 Å². The van der Waals surface area contributed by atoms with Crippen LogP contribution in [-0.2, 0) is 14.6 Å². The number of ether oxygens (including phenoxy) is 2. The van der Waals surface area contributed by atoms with Crippen molar-refractivity contribution >= 4 is 39.0 Å². The second-order valence-electron chi connectivity index (χ2n) is 4.93. The average molecular weight is 403 g/mol. The molecule has 2 aromatic carbocycles. The highest BCUT2D eigenvalue weighted by Gasteiger charge is 2.21. The summed E-state index contributed by atoms with van der Waals surface area (Å²) in [6.45, 7) is 1.46. The Balaban J connectivity index is 2.00. The lowest BCUT2D eigenvalue weighted by atomic mass is 10.2. The summed E-state index contributed by atoms with van der Waals surface area (Å²) in [5, 5.41) is 0.691. The van der Waals surface area contributed by atoms with Crippen molar-refractivity contribution in [3.8, 4) is 5.75 Å². The maximum absolute atomic E-state index is 12.2. The molecule has 2 rings (SSSR count). The van der Waals surface area contributed by atoms with Crippen molar-refractivity contribution in [2.45, 2.75) is 11.8 Å². The van der Waals surface area contributed by atoms with Gasteiger partial charge in [-0.3, -0.25) is 0 Å². The molecule has 0 aliphatic carbocycles. The molecule has 0 heterocycles. The summed E-state index contributed by atoms with van der Waals surface area (Å²) in [7, 11) is -3.53. The van der Waals surface area contributed by atoms with Crippen LogP contribution in [0, 0.1) is 0 Å². The fraction of sp³-hybridized carbons (Fsp3) is 0.235. The molecule has 134 valence electrons. The highest BCUT2D eigenvalue weighted by molar-refractivity contribution is 7.91. The van der Waals surface area contributed by atoms with Crippen LogP contribution in [-0.4, -0.2) is 33.4 Å². The van der Waals surface area contributed by atoms with E-state index in [9.17, 15) is 13.2 Å². The molecule has 0 aromatic heterocycles. The standard InChI is InChI=1S/C17H16Cl2O5S/c1-2-25(21,22)15-9-4-3-6-12(15)17(20)24-11-10-23-16-13(18)7-5-8-14(16)19/h3-9H,2,10-11H2,1H3. The van der Waals surface area contributed by atoms with Crippen LogP contribution < -0.4 is 4.74 Å². The highest BCUT2D eigenvalue weighted by Crippen LogP contribution is 2.32. The number of halogens is 2. The minimum Gasteiger partial charge on any atom is -0.487 e. The van der Waals surface area contributed by atoms with E-state index in [1.165, 1.54) is 19.1 Å². The molecule has 2 aromatic rings. The highest BCUT2D eigenvalue weighted by atomic mass is 35.5. The van der Waals surface area contributed by atoms with E-state index in [0.29, 0.717) is 15.8 Å². The maximum atomic E-state index is 12.2. The van der Waals surface area contributed by atoms with Gasteiger partial charge in [-0.15, -0.1) is 0 Å². The Kier molecular flexibility index (Phi) is 6.70. The van der Waals surface area contributed by atoms with E-state index in [1.54, 1.807) is 30.3 Å². The fourth-order valence-corrected chi connectivity index (χ4v) is 3.63. The number of carbonyl (C=O) groups excluding carboxylic acids is 1. The molecule has 0 atom stereocenters. The van der Waals surface area contributed by atoms with E-state index in [2.05, 4.69) is 0 Å². The van der Waals surface area contributed by atoms with Gasteiger partial charge in [-0.05, 0) is 24.3 Å². The molecule has 0 bridgehead atoms. The largest absolute Gasteiger partial charge is 0.487 e. The van der Waals surface area contributed by atoms with Crippen LogP contribution in [0.25, 0.3) is 0 Å². The van der Waals surface area contributed by atoms with Crippen LogP contribution in [0.2, 0.25) is 10.0 Å². The number of sulfone groups is 1. The van der Waals surface area contributed by atoms with Crippen LogP contribution in [0.5, 0.6) is 5.75 Å². The molecule has 0 N–H and O–H groups in total. The van der Waals surface area contributed by atoms with E-state index in [-0.39, 0.29) is 29.4 Å². The Morgan fingerprint density at radius 3 is 2.28 bits per heavy atom. The number of hydrogen-bond acceptors (Lipinski definition) is 5. The Hall–Kier alpha value is -1.76. The Morgan fingerprint density at radius 2 is 1.64 bits per heavy atom. The monoisotopic (exact) mass is 402 g/mol. The summed E-state index contributed by atoms with van der Waals surface area (Å²) < 4.78 is 34.6. The maximum Gasteiger partial charge on any atom is 0.339 e. The van der Waals surface area contributed by atoms with Gasteiger partial charge >= 0.3 is 5.97 Å².